The minimum absolute atomic E-state index is 0.0487. The molecule has 0 N–H and O–H groups in total. The number of hydrogen-bond donors (Lipinski definition) is 0. The molecule has 1 saturated heterocycles. The van der Waals surface area contributed by atoms with Crippen LogP contribution in [0.4, 0.5) is 0 Å². The fourth-order valence-corrected chi connectivity index (χ4v) is 1.79. The van der Waals surface area contributed by atoms with E-state index in [1.807, 2.05) is 37.3 Å². The van der Waals surface area contributed by atoms with E-state index < -0.39 is 0 Å². The van der Waals surface area contributed by atoms with Crippen LogP contribution in [0.25, 0.3) is 0 Å². The van der Waals surface area contributed by atoms with E-state index in [-0.39, 0.29) is 18.0 Å². The molecule has 1 aliphatic rings. The topological polar surface area (TPSA) is 26.3 Å². The Kier molecular flexibility index (Phi) is 2.58. The van der Waals surface area contributed by atoms with Crippen LogP contribution in [0.3, 0.4) is 0 Å². The second-order valence-electron chi connectivity index (χ2n) is 3.95. The summed E-state index contributed by atoms with van der Waals surface area (Å²) in [6.07, 6.45) is 0.722. The Labute approximate surface area is 89.6 Å². The minimum atomic E-state index is -0.247. The maximum atomic E-state index is 11.3. The Morgan fingerprint density at radius 2 is 2.00 bits per heavy atom. The van der Waals surface area contributed by atoms with E-state index in [0.717, 1.165) is 6.42 Å². The van der Waals surface area contributed by atoms with Gasteiger partial charge < -0.3 is 4.74 Å². The van der Waals surface area contributed by atoms with Gasteiger partial charge in [0.1, 0.15) is 6.10 Å². The first kappa shape index (κ1) is 9.97. The molecule has 0 bridgehead atoms. The van der Waals surface area contributed by atoms with Crippen molar-refractivity contribution in [2.75, 3.05) is 0 Å². The molecule has 1 aromatic rings. The molecule has 0 radical (unpaired) electrons. The third-order valence-corrected chi connectivity index (χ3v) is 2.91. The fourth-order valence-electron chi connectivity index (χ4n) is 1.79. The normalized spacial score (nSPS) is 25.4. The van der Waals surface area contributed by atoms with E-state index in [1.54, 1.807) is 0 Å². The van der Waals surface area contributed by atoms with Crippen molar-refractivity contribution < 1.29 is 9.53 Å². The van der Waals surface area contributed by atoms with Crippen molar-refractivity contribution in [1.82, 2.24) is 0 Å². The molecule has 1 heterocycles. The first-order valence-electron chi connectivity index (χ1n) is 5.12. The number of benzene rings is 1. The zero-order valence-corrected chi connectivity index (χ0v) is 8.77. The second kappa shape index (κ2) is 3.89. The summed E-state index contributed by atoms with van der Waals surface area (Å²) in [5.74, 6) is -0.124. The standard InChI is InChI=1S/C13H14O2/c1-9-10(2)13(14)15-12(9)8-11-6-4-3-5-7-11/h3-7,9,12H,2,8H2,1H3/t9-,12-/m0/s1. The van der Waals surface area contributed by atoms with Gasteiger partial charge in [0, 0.05) is 17.9 Å². The van der Waals surface area contributed by atoms with Crippen LogP contribution in [-0.2, 0) is 16.0 Å². The number of cyclic esters (lactones) is 1. The number of carbonyl (C=O) groups is 1. The SMILES string of the molecule is C=C1C(=O)O[C@@H](Cc2ccccc2)[C@H]1C. The molecule has 0 spiro atoms. The molecule has 78 valence electrons. The Morgan fingerprint density at radius 1 is 1.33 bits per heavy atom. The van der Waals surface area contributed by atoms with Crippen LogP contribution >= 0.6 is 0 Å². The average Bonchev–Trinajstić information content (AvgIpc) is 2.48. The summed E-state index contributed by atoms with van der Waals surface area (Å²) in [6, 6.07) is 10.0. The van der Waals surface area contributed by atoms with Crippen LogP contribution in [-0.4, -0.2) is 12.1 Å². The fraction of sp³-hybridized carbons (Fsp3) is 0.308. The van der Waals surface area contributed by atoms with E-state index in [1.165, 1.54) is 5.56 Å². The Hall–Kier alpha value is -1.57. The van der Waals surface area contributed by atoms with Gasteiger partial charge in [-0.05, 0) is 5.56 Å². The third-order valence-electron chi connectivity index (χ3n) is 2.91. The molecule has 1 aromatic carbocycles. The van der Waals surface area contributed by atoms with Crippen molar-refractivity contribution in [2.24, 2.45) is 5.92 Å². The van der Waals surface area contributed by atoms with Crippen LogP contribution in [0.2, 0.25) is 0 Å². The lowest BCUT2D eigenvalue weighted by Crippen LogP contribution is -2.16. The number of ether oxygens (including phenoxy) is 1. The van der Waals surface area contributed by atoms with Crippen LogP contribution in [0.5, 0.6) is 0 Å². The Balaban J connectivity index is 2.08. The molecule has 2 rings (SSSR count). The summed E-state index contributed by atoms with van der Waals surface area (Å²) in [5.41, 5.74) is 1.78. The summed E-state index contributed by atoms with van der Waals surface area (Å²) in [6.45, 7) is 5.72. The molecule has 1 fully saturated rings. The summed E-state index contributed by atoms with van der Waals surface area (Å²) < 4.78 is 5.25. The highest BCUT2D eigenvalue weighted by Gasteiger charge is 2.34. The third kappa shape index (κ3) is 1.94. The molecule has 0 unspecified atom stereocenters. The van der Waals surface area contributed by atoms with Crippen molar-refractivity contribution in [3.8, 4) is 0 Å². The van der Waals surface area contributed by atoms with E-state index in [0.29, 0.717) is 5.57 Å². The van der Waals surface area contributed by atoms with E-state index in [9.17, 15) is 4.79 Å². The van der Waals surface area contributed by atoms with Crippen LogP contribution < -0.4 is 0 Å². The first-order chi connectivity index (χ1) is 7.18. The van der Waals surface area contributed by atoms with Crippen molar-refractivity contribution in [2.45, 2.75) is 19.4 Å². The summed E-state index contributed by atoms with van der Waals surface area (Å²) in [7, 11) is 0. The molecule has 0 saturated carbocycles. The van der Waals surface area contributed by atoms with Crippen LogP contribution in [0.1, 0.15) is 12.5 Å². The maximum Gasteiger partial charge on any atom is 0.334 e. The maximum absolute atomic E-state index is 11.3. The van der Waals surface area contributed by atoms with Gasteiger partial charge in [-0.1, -0.05) is 43.8 Å². The number of rotatable bonds is 2. The highest BCUT2D eigenvalue weighted by Crippen LogP contribution is 2.28. The zero-order chi connectivity index (χ0) is 10.8. The Morgan fingerprint density at radius 3 is 2.53 bits per heavy atom. The second-order valence-corrected chi connectivity index (χ2v) is 3.95. The van der Waals surface area contributed by atoms with Crippen LogP contribution in [0.15, 0.2) is 42.5 Å². The molecular weight excluding hydrogens is 188 g/mol. The minimum Gasteiger partial charge on any atom is -0.458 e. The molecule has 2 nitrogen and oxygen atoms in total. The van der Waals surface area contributed by atoms with Crippen molar-refractivity contribution in [3.63, 3.8) is 0 Å². The molecule has 1 aliphatic heterocycles. The zero-order valence-electron chi connectivity index (χ0n) is 8.77. The van der Waals surface area contributed by atoms with Gasteiger partial charge in [-0.25, -0.2) is 4.79 Å². The van der Waals surface area contributed by atoms with Gasteiger partial charge in [-0.15, -0.1) is 0 Å². The summed E-state index contributed by atoms with van der Waals surface area (Å²) >= 11 is 0. The van der Waals surface area contributed by atoms with Crippen molar-refractivity contribution in [1.29, 1.82) is 0 Å². The predicted octanol–water partition coefficient (Wildman–Crippen LogP) is 2.35. The van der Waals surface area contributed by atoms with Gasteiger partial charge in [-0.3, -0.25) is 0 Å². The van der Waals surface area contributed by atoms with Gasteiger partial charge in [0.05, 0.1) is 0 Å². The lowest BCUT2D eigenvalue weighted by molar-refractivity contribution is -0.139. The number of esters is 1. The van der Waals surface area contributed by atoms with Gasteiger partial charge in [0.15, 0.2) is 0 Å². The van der Waals surface area contributed by atoms with Gasteiger partial charge in [0.2, 0.25) is 0 Å². The van der Waals surface area contributed by atoms with Gasteiger partial charge in [-0.2, -0.15) is 0 Å². The predicted molar refractivity (Wildman–Crippen MR) is 58.3 cm³/mol. The largest absolute Gasteiger partial charge is 0.458 e. The quantitative estimate of drug-likeness (QED) is 0.543. The molecular formula is C13H14O2. The molecule has 0 aliphatic carbocycles. The van der Waals surface area contributed by atoms with Crippen molar-refractivity contribution in [3.05, 3.63) is 48.0 Å². The molecule has 2 heteroatoms. The Bertz CT molecular complexity index is 381. The van der Waals surface area contributed by atoms with E-state index in [2.05, 4.69) is 6.58 Å². The summed E-state index contributed by atoms with van der Waals surface area (Å²) in [5, 5.41) is 0. The smallest absolute Gasteiger partial charge is 0.334 e. The monoisotopic (exact) mass is 202 g/mol. The molecule has 15 heavy (non-hydrogen) atoms. The van der Waals surface area contributed by atoms with Gasteiger partial charge >= 0.3 is 5.97 Å². The van der Waals surface area contributed by atoms with Crippen LogP contribution in [0, 0.1) is 5.92 Å². The van der Waals surface area contributed by atoms with Crippen molar-refractivity contribution >= 4 is 5.97 Å². The lowest BCUT2D eigenvalue weighted by Gasteiger charge is -2.13. The highest BCUT2D eigenvalue weighted by molar-refractivity contribution is 5.90. The van der Waals surface area contributed by atoms with E-state index in [4.69, 9.17) is 4.74 Å². The molecule has 0 amide bonds. The average molecular weight is 202 g/mol. The summed E-state index contributed by atoms with van der Waals surface area (Å²) in [4.78, 5) is 11.3. The molecule has 0 aromatic heterocycles. The lowest BCUT2D eigenvalue weighted by atomic mass is 9.95. The number of hydrogen-bond acceptors (Lipinski definition) is 2. The number of carbonyl (C=O) groups excluding carboxylic acids is 1. The highest BCUT2D eigenvalue weighted by atomic mass is 16.6. The van der Waals surface area contributed by atoms with E-state index >= 15 is 0 Å². The first-order valence-corrected chi connectivity index (χ1v) is 5.12. The molecule has 2 atom stereocenters. The van der Waals surface area contributed by atoms with Gasteiger partial charge in [0.25, 0.3) is 0 Å².